The number of alkyl halides is 1. The first kappa shape index (κ1) is 18.1. The highest BCUT2D eigenvalue weighted by molar-refractivity contribution is 6.32. The quantitative estimate of drug-likeness (QED) is 0.764. The molecule has 0 heterocycles. The van der Waals surface area contributed by atoms with E-state index in [0.29, 0.717) is 10.8 Å². The molecule has 0 saturated heterocycles. The Labute approximate surface area is 136 Å². The number of rotatable bonds is 5. The summed E-state index contributed by atoms with van der Waals surface area (Å²) in [6, 6.07) is 5.40. The Morgan fingerprint density at radius 3 is 2.33 bits per heavy atom. The molecule has 0 saturated carbocycles. The molecule has 21 heavy (non-hydrogen) atoms. The number of carboxylic acid groups (broad SMARTS) is 1. The maximum absolute atomic E-state index is 10.9. The summed E-state index contributed by atoms with van der Waals surface area (Å²) in [6.45, 7) is 10.6. The Morgan fingerprint density at radius 2 is 1.86 bits per heavy atom. The third-order valence-electron chi connectivity index (χ3n) is 3.08. The summed E-state index contributed by atoms with van der Waals surface area (Å²) in [6.07, 6.45) is 0.886. The Kier molecular flexibility index (Phi) is 5.57. The number of hydrogen-bond donors (Lipinski definition) is 1. The first-order chi connectivity index (χ1) is 9.44. The van der Waals surface area contributed by atoms with Gasteiger partial charge in [-0.25, -0.2) is 4.79 Å². The lowest BCUT2D eigenvalue weighted by molar-refractivity contribution is -0.141. The van der Waals surface area contributed by atoms with Crippen LogP contribution in [0.4, 0.5) is 0 Å². The minimum Gasteiger partial charge on any atom is -0.478 e. The predicted molar refractivity (Wildman–Crippen MR) is 86.5 cm³/mol. The van der Waals surface area contributed by atoms with Crippen LogP contribution in [-0.2, 0) is 10.2 Å². The van der Waals surface area contributed by atoms with Crippen molar-refractivity contribution in [3.8, 4) is 5.75 Å². The molecule has 1 atom stereocenters. The van der Waals surface area contributed by atoms with Crippen LogP contribution in [0.2, 0.25) is 5.02 Å². The highest BCUT2D eigenvalue weighted by atomic mass is 35.5. The van der Waals surface area contributed by atoms with Gasteiger partial charge in [-0.2, -0.15) is 0 Å². The Balaban J connectivity index is 3.24. The van der Waals surface area contributed by atoms with E-state index in [9.17, 15) is 4.79 Å². The lowest BCUT2D eigenvalue weighted by Crippen LogP contribution is -2.27. The molecule has 118 valence electrons. The largest absolute Gasteiger partial charge is 0.478 e. The standard InChI is InChI=1S/C16H22Cl2O3/c1-15(2,3)9-16(4,5)10-7-6-8-11(17)12(10)21-13(18)14(19)20/h6-8,13H,9H2,1-5H3,(H,19,20). The first-order valence-corrected chi connectivity index (χ1v) is 7.58. The van der Waals surface area contributed by atoms with Crippen molar-refractivity contribution < 1.29 is 14.6 Å². The van der Waals surface area contributed by atoms with E-state index in [0.717, 1.165) is 12.0 Å². The van der Waals surface area contributed by atoms with Crippen molar-refractivity contribution in [1.82, 2.24) is 0 Å². The molecular weight excluding hydrogens is 311 g/mol. The van der Waals surface area contributed by atoms with Gasteiger partial charge in [-0.3, -0.25) is 0 Å². The number of ether oxygens (including phenoxy) is 1. The smallest absolute Gasteiger partial charge is 0.360 e. The molecule has 0 aliphatic carbocycles. The maximum atomic E-state index is 10.9. The number of halogens is 2. The second-order valence-electron chi connectivity index (χ2n) is 7.01. The van der Waals surface area contributed by atoms with E-state index in [1.807, 2.05) is 12.1 Å². The third-order valence-corrected chi connectivity index (χ3v) is 3.66. The van der Waals surface area contributed by atoms with E-state index in [2.05, 4.69) is 34.6 Å². The van der Waals surface area contributed by atoms with Gasteiger partial charge in [0, 0.05) is 5.56 Å². The zero-order chi connectivity index (χ0) is 16.4. The zero-order valence-electron chi connectivity index (χ0n) is 13.0. The van der Waals surface area contributed by atoms with Crippen LogP contribution in [0.15, 0.2) is 18.2 Å². The maximum Gasteiger partial charge on any atom is 0.360 e. The van der Waals surface area contributed by atoms with E-state index in [1.54, 1.807) is 6.07 Å². The van der Waals surface area contributed by atoms with Crippen LogP contribution in [0, 0.1) is 5.41 Å². The summed E-state index contributed by atoms with van der Waals surface area (Å²) in [5.74, 6) is -0.896. The molecule has 0 fully saturated rings. The second-order valence-corrected chi connectivity index (χ2v) is 7.81. The lowest BCUT2D eigenvalue weighted by Gasteiger charge is -2.34. The fraction of sp³-hybridized carbons (Fsp3) is 0.562. The number of hydrogen-bond acceptors (Lipinski definition) is 2. The number of carbonyl (C=O) groups is 1. The summed E-state index contributed by atoms with van der Waals surface area (Å²) in [7, 11) is 0. The Hall–Kier alpha value is -0.930. The van der Waals surface area contributed by atoms with Gasteiger partial charge in [0.2, 0.25) is 0 Å². The predicted octanol–water partition coefficient (Wildman–Crippen LogP) is 5.08. The number of para-hydroxylation sites is 1. The van der Waals surface area contributed by atoms with Gasteiger partial charge in [0.1, 0.15) is 5.75 Å². The normalized spacial score (nSPS) is 13.9. The summed E-state index contributed by atoms with van der Waals surface area (Å²) >= 11 is 11.9. The molecule has 3 nitrogen and oxygen atoms in total. The molecule has 0 spiro atoms. The SMILES string of the molecule is CC(C)(C)CC(C)(C)c1cccc(Cl)c1OC(Cl)C(=O)O. The fourth-order valence-corrected chi connectivity index (χ4v) is 3.04. The summed E-state index contributed by atoms with van der Waals surface area (Å²) in [5, 5.41) is 9.28. The second kappa shape index (κ2) is 6.45. The average molecular weight is 333 g/mol. The van der Waals surface area contributed by atoms with Crippen molar-refractivity contribution >= 4 is 29.2 Å². The minimum absolute atomic E-state index is 0.107. The minimum atomic E-state index is -1.46. The lowest BCUT2D eigenvalue weighted by atomic mass is 9.72. The van der Waals surface area contributed by atoms with Crippen LogP contribution in [0.5, 0.6) is 5.75 Å². The van der Waals surface area contributed by atoms with Crippen LogP contribution in [0.3, 0.4) is 0 Å². The van der Waals surface area contributed by atoms with Gasteiger partial charge < -0.3 is 9.84 Å². The van der Waals surface area contributed by atoms with E-state index in [-0.39, 0.29) is 10.8 Å². The summed E-state index contributed by atoms with van der Waals surface area (Å²) in [4.78, 5) is 10.9. The van der Waals surface area contributed by atoms with Crippen molar-refractivity contribution in [2.45, 2.75) is 52.0 Å². The van der Waals surface area contributed by atoms with E-state index in [1.165, 1.54) is 0 Å². The van der Waals surface area contributed by atoms with Crippen molar-refractivity contribution in [3.63, 3.8) is 0 Å². The molecule has 0 amide bonds. The van der Waals surface area contributed by atoms with Crippen molar-refractivity contribution in [1.29, 1.82) is 0 Å². The molecule has 0 radical (unpaired) electrons. The number of benzene rings is 1. The van der Waals surface area contributed by atoms with Gasteiger partial charge in [0.05, 0.1) is 5.02 Å². The number of aliphatic carboxylic acids is 1. The number of carboxylic acids is 1. The van der Waals surface area contributed by atoms with Crippen LogP contribution >= 0.6 is 23.2 Å². The van der Waals surface area contributed by atoms with E-state index >= 15 is 0 Å². The van der Waals surface area contributed by atoms with Gasteiger partial charge >= 0.3 is 5.97 Å². The molecule has 0 aliphatic rings. The van der Waals surface area contributed by atoms with Crippen molar-refractivity contribution in [2.24, 2.45) is 5.41 Å². The van der Waals surface area contributed by atoms with Gasteiger partial charge in [-0.1, -0.05) is 70.0 Å². The molecule has 1 aromatic rings. The topological polar surface area (TPSA) is 46.5 Å². The molecule has 5 heteroatoms. The first-order valence-electron chi connectivity index (χ1n) is 6.76. The van der Waals surface area contributed by atoms with Gasteiger partial charge in [0.25, 0.3) is 5.56 Å². The van der Waals surface area contributed by atoms with Crippen LogP contribution in [0.1, 0.15) is 46.6 Å². The van der Waals surface area contributed by atoms with Gasteiger partial charge in [-0.05, 0) is 23.3 Å². The average Bonchev–Trinajstić information content (AvgIpc) is 2.28. The molecule has 0 aromatic heterocycles. The van der Waals surface area contributed by atoms with Gasteiger partial charge in [0.15, 0.2) is 0 Å². The molecule has 1 aromatic carbocycles. The Bertz CT molecular complexity index is 519. The highest BCUT2D eigenvalue weighted by Gasteiger charge is 2.32. The Morgan fingerprint density at radius 1 is 1.29 bits per heavy atom. The molecule has 1 N–H and O–H groups in total. The molecule has 1 rings (SSSR count). The zero-order valence-corrected chi connectivity index (χ0v) is 14.5. The monoisotopic (exact) mass is 332 g/mol. The van der Waals surface area contributed by atoms with E-state index in [4.69, 9.17) is 33.0 Å². The third kappa shape index (κ3) is 5.08. The highest BCUT2D eigenvalue weighted by Crippen LogP contribution is 2.43. The van der Waals surface area contributed by atoms with Crippen LogP contribution in [0.25, 0.3) is 0 Å². The van der Waals surface area contributed by atoms with Gasteiger partial charge in [-0.15, -0.1) is 0 Å². The molecular formula is C16H22Cl2O3. The van der Waals surface area contributed by atoms with E-state index < -0.39 is 11.5 Å². The summed E-state index contributed by atoms with van der Waals surface area (Å²) < 4.78 is 5.37. The van der Waals surface area contributed by atoms with Crippen molar-refractivity contribution in [2.75, 3.05) is 0 Å². The van der Waals surface area contributed by atoms with Crippen LogP contribution in [-0.4, -0.2) is 16.6 Å². The molecule has 1 unspecified atom stereocenters. The molecule has 0 bridgehead atoms. The fourth-order valence-electron chi connectivity index (χ4n) is 2.74. The van der Waals surface area contributed by atoms with Crippen molar-refractivity contribution in [3.05, 3.63) is 28.8 Å². The molecule has 0 aliphatic heterocycles. The summed E-state index contributed by atoms with van der Waals surface area (Å²) in [5.41, 5.74) is -0.727. The van der Waals surface area contributed by atoms with Crippen LogP contribution < -0.4 is 4.74 Å².